The number of carbonyl (C=O) groups is 2. The van der Waals surface area contributed by atoms with E-state index in [1.807, 2.05) is 5.32 Å². The van der Waals surface area contributed by atoms with Crippen molar-refractivity contribution in [2.45, 2.75) is 31.2 Å². The zero-order valence-corrected chi connectivity index (χ0v) is 12.8. The lowest BCUT2D eigenvalue weighted by atomic mass is 9.91. The van der Waals surface area contributed by atoms with Crippen LogP contribution in [0.1, 0.15) is 24.8 Å². The second-order valence-electron chi connectivity index (χ2n) is 5.79. The van der Waals surface area contributed by atoms with Gasteiger partial charge in [-0.3, -0.25) is 4.79 Å². The molecule has 132 valence electrons. The molecule has 1 aromatic rings. The summed E-state index contributed by atoms with van der Waals surface area (Å²) >= 11 is 0. The summed E-state index contributed by atoms with van der Waals surface area (Å²) in [5.74, 6) is -5.95. The number of nitrogens with one attached hydrogen (secondary N) is 1. The standard InChI is InChI=1S/C15H17F3N2O4/c1-8(10-3-2-9(21)6-11(10)16)12(19-14(23)24)13(22)20-5-4-15(17,18)7-20/h2-3,6,8,12,19,21H,4-5,7H2,1H3,(H,23,24)/t8-,12-/m0/s1. The van der Waals surface area contributed by atoms with Gasteiger partial charge in [0.05, 0.1) is 6.54 Å². The first kappa shape index (κ1) is 17.9. The number of carboxylic acid groups (broad SMARTS) is 1. The van der Waals surface area contributed by atoms with Gasteiger partial charge in [-0.25, -0.2) is 18.0 Å². The number of benzene rings is 1. The highest BCUT2D eigenvalue weighted by Gasteiger charge is 2.43. The van der Waals surface area contributed by atoms with E-state index in [0.717, 1.165) is 11.0 Å². The van der Waals surface area contributed by atoms with Crippen molar-refractivity contribution in [2.24, 2.45) is 0 Å². The Hall–Kier alpha value is -2.45. The lowest BCUT2D eigenvalue weighted by Gasteiger charge is -2.28. The van der Waals surface area contributed by atoms with Crippen LogP contribution in [0.4, 0.5) is 18.0 Å². The van der Waals surface area contributed by atoms with Gasteiger partial charge < -0.3 is 20.4 Å². The molecule has 3 N–H and O–H groups in total. The van der Waals surface area contributed by atoms with Gasteiger partial charge in [-0.05, 0) is 11.6 Å². The topological polar surface area (TPSA) is 89.9 Å². The van der Waals surface area contributed by atoms with E-state index in [4.69, 9.17) is 5.11 Å². The van der Waals surface area contributed by atoms with Gasteiger partial charge in [-0.1, -0.05) is 13.0 Å². The summed E-state index contributed by atoms with van der Waals surface area (Å²) in [4.78, 5) is 24.3. The summed E-state index contributed by atoms with van der Waals surface area (Å²) < 4.78 is 40.6. The van der Waals surface area contributed by atoms with Crippen LogP contribution in [-0.4, -0.2) is 52.2 Å². The Morgan fingerprint density at radius 1 is 1.38 bits per heavy atom. The minimum absolute atomic E-state index is 0.00847. The van der Waals surface area contributed by atoms with E-state index in [-0.39, 0.29) is 17.9 Å². The number of phenolic OH excluding ortho intramolecular Hbond substituents is 1. The van der Waals surface area contributed by atoms with Crippen LogP contribution in [0.15, 0.2) is 18.2 Å². The molecule has 24 heavy (non-hydrogen) atoms. The predicted octanol–water partition coefficient (Wildman–Crippen LogP) is 2.14. The summed E-state index contributed by atoms with van der Waals surface area (Å²) in [5.41, 5.74) is -0.00847. The smallest absolute Gasteiger partial charge is 0.405 e. The molecule has 0 spiro atoms. The normalized spacial score (nSPS) is 18.9. The average Bonchev–Trinajstić information content (AvgIpc) is 2.83. The Balaban J connectivity index is 2.27. The fourth-order valence-electron chi connectivity index (χ4n) is 2.72. The lowest BCUT2D eigenvalue weighted by Crippen LogP contribution is -2.50. The molecule has 0 radical (unpaired) electrons. The molecule has 2 amide bonds. The van der Waals surface area contributed by atoms with Crippen molar-refractivity contribution in [3.05, 3.63) is 29.6 Å². The quantitative estimate of drug-likeness (QED) is 0.779. The molecule has 0 aliphatic carbocycles. The number of alkyl halides is 2. The maximum absolute atomic E-state index is 14.0. The van der Waals surface area contributed by atoms with Crippen LogP contribution in [0, 0.1) is 5.82 Å². The van der Waals surface area contributed by atoms with Gasteiger partial charge in [-0.15, -0.1) is 0 Å². The predicted molar refractivity (Wildman–Crippen MR) is 77.6 cm³/mol. The Labute approximate surface area is 135 Å². The Bertz CT molecular complexity index is 654. The van der Waals surface area contributed by atoms with Gasteiger partial charge in [0.15, 0.2) is 0 Å². The molecule has 6 nitrogen and oxygen atoms in total. The number of aromatic hydroxyl groups is 1. The van der Waals surface area contributed by atoms with Crippen molar-refractivity contribution in [1.29, 1.82) is 0 Å². The summed E-state index contributed by atoms with van der Waals surface area (Å²) in [7, 11) is 0. The lowest BCUT2D eigenvalue weighted by molar-refractivity contribution is -0.134. The Morgan fingerprint density at radius 2 is 2.04 bits per heavy atom. The first-order valence-corrected chi connectivity index (χ1v) is 7.25. The number of likely N-dealkylation sites (tertiary alicyclic amines) is 1. The molecule has 0 saturated carbocycles. The van der Waals surface area contributed by atoms with Crippen LogP contribution >= 0.6 is 0 Å². The van der Waals surface area contributed by atoms with Crippen LogP contribution in [0.5, 0.6) is 5.75 Å². The molecule has 0 bridgehead atoms. The zero-order chi connectivity index (χ0) is 18.1. The highest BCUT2D eigenvalue weighted by atomic mass is 19.3. The fourth-order valence-corrected chi connectivity index (χ4v) is 2.72. The number of nitrogens with zero attached hydrogens (tertiary/aromatic N) is 1. The molecule has 1 aliphatic heterocycles. The average molecular weight is 346 g/mol. The largest absolute Gasteiger partial charge is 0.508 e. The maximum Gasteiger partial charge on any atom is 0.405 e. The van der Waals surface area contributed by atoms with Crippen molar-refractivity contribution in [2.75, 3.05) is 13.1 Å². The number of hydrogen-bond donors (Lipinski definition) is 3. The summed E-state index contributed by atoms with van der Waals surface area (Å²) in [6.07, 6.45) is -2.02. The molecule has 2 rings (SSSR count). The minimum Gasteiger partial charge on any atom is -0.508 e. The first-order chi connectivity index (χ1) is 11.1. The van der Waals surface area contributed by atoms with Crippen molar-refractivity contribution in [3.63, 3.8) is 0 Å². The molecular formula is C15H17F3N2O4. The second-order valence-corrected chi connectivity index (χ2v) is 5.79. The molecular weight excluding hydrogens is 329 g/mol. The van der Waals surface area contributed by atoms with Gasteiger partial charge in [-0.2, -0.15) is 0 Å². The first-order valence-electron chi connectivity index (χ1n) is 7.25. The Kier molecular flexibility index (Phi) is 4.91. The molecule has 2 atom stereocenters. The number of halogens is 3. The van der Waals surface area contributed by atoms with E-state index in [2.05, 4.69) is 0 Å². The molecule has 1 aromatic carbocycles. The van der Waals surface area contributed by atoms with Crippen molar-refractivity contribution >= 4 is 12.0 Å². The van der Waals surface area contributed by atoms with E-state index >= 15 is 0 Å². The van der Waals surface area contributed by atoms with E-state index in [1.165, 1.54) is 19.1 Å². The van der Waals surface area contributed by atoms with E-state index in [0.29, 0.717) is 0 Å². The van der Waals surface area contributed by atoms with Crippen molar-refractivity contribution in [1.82, 2.24) is 10.2 Å². The molecule has 1 fully saturated rings. The molecule has 1 aliphatic rings. The highest BCUT2D eigenvalue weighted by Crippen LogP contribution is 2.30. The third-order valence-corrected chi connectivity index (χ3v) is 4.00. The van der Waals surface area contributed by atoms with Gasteiger partial charge >= 0.3 is 6.09 Å². The fraction of sp³-hybridized carbons (Fsp3) is 0.467. The zero-order valence-electron chi connectivity index (χ0n) is 12.8. The summed E-state index contributed by atoms with van der Waals surface area (Å²) in [5, 5.41) is 20.1. The molecule has 1 heterocycles. The highest BCUT2D eigenvalue weighted by molar-refractivity contribution is 5.86. The maximum atomic E-state index is 14.0. The molecule has 0 unspecified atom stereocenters. The van der Waals surface area contributed by atoms with Crippen LogP contribution in [0.3, 0.4) is 0 Å². The van der Waals surface area contributed by atoms with Gasteiger partial charge in [0.1, 0.15) is 17.6 Å². The van der Waals surface area contributed by atoms with Crippen LogP contribution in [-0.2, 0) is 4.79 Å². The van der Waals surface area contributed by atoms with Crippen LogP contribution in [0.2, 0.25) is 0 Å². The van der Waals surface area contributed by atoms with Gasteiger partial charge in [0.25, 0.3) is 5.92 Å². The Morgan fingerprint density at radius 3 is 2.54 bits per heavy atom. The third-order valence-electron chi connectivity index (χ3n) is 4.00. The van der Waals surface area contributed by atoms with E-state index in [1.54, 1.807) is 0 Å². The number of rotatable bonds is 4. The minimum atomic E-state index is -3.02. The van der Waals surface area contributed by atoms with Gasteiger partial charge in [0.2, 0.25) is 5.91 Å². The van der Waals surface area contributed by atoms with Crippen LogP contribution in [0.25, 0.3) is 0 Å². The molecule has 1 saturated heterocycles. The number of amides is 2. The monoisotopic (exact) mass is 346 g/mol. The molecule has 0 aromatic heterocycles. The van der Waals surface area contributed by atoms with Crippen molar-refractivity contribution in [3.8, 4) is 5.75 Å². The van der Waals surface area contributed by atoms with E-state index in [9.17, 15) is 27.9 Å². The SMILES string of the molecule is C[C@@H](c1ccc(O)cc1F)[C@H](NC(=O)O)C(=O)N1CCC(F)(F)C1. The second kappa shape index (κ2) is 6.58. The van der Waals surface area contributed by atoms with E-state index < -0.39 is 48.7 Å². The number of phenols is 1. The molecule has 9 heteroatoms. The van der Waals surface area contributed by atoms with Crippen LogP contribution < -0.4 is 5.32 Å². The number of hydrogen-bond acceptors (Lipinski definition) is 3. The third kappa shape index (κ3) is 3.90. The van der Waals surface area contributed by atoms with Gasteiger partial charge in [0, 0.05) is 24.9 Å². The number of carbonyl (C=O) groups excluding carboxylic acids is 1. The summed E-state index contributed by atoms with van der Waals surface area (Å²) in [6, 6.07) is 1.83. The summed E-state index contributed by atoms with van der Waals surface area (Å²) in [6.45, 7) is 0.408. The van der Waals surface area contributed by atoms with Crippen molar-refractivity contribution < 1.29 is 33.0 Å².